The molecule has 0 saturated heterocycles. The lowest BCUT2D eigenvalue weighted by molar-refractivity contribution is -0.107. The van der Waals surface area contributed by atoms with Crippen LogP contribution in [0.4, 0.5) is 0 Å². The molecular weight excluding hydrogens is 133 g/mol. The van der Waals surface area contributed by atoms with E-state index in [-0.39, 0.29) is 6.21 Å². The van der Waals surface area contributed by atoms with E-state index in [4.69, 9.17) is 15.2 Å². The fraction of sp³-hybridized carbons (Fsp3) is 0. The van der Waals surface area contributed by atoms with Gasteiger partial charge >= 0.3 is 7.60 Å². The van der Waals surface area contributed by atoms with Crippen molar-refractivity contribution in [1.82, 2.24) is 0 Å². The quantitative estimate of drug-likeness (QED) is 0.347. The van der Waals surface area contributed by atoms with Gasteiger partial charge in [-0.25, -0.2) is 0 Å². The molecule has 0 rings (SSSR count). The van der Waals surface area contributed by atoms with E-state index in [1.165, 1.54) is 0 Å². The molecule has 0 fully saturated rings. The molecule has 0 aromatic heterocycles. The lowest BCUT2D eigenvalue weighted by atomic mass is 10.9. The van der Waals surface area contributed by atoms with Crippen LogP contribution in [0.25, 0.3) is 0 Å². The summed E-state index contributed by atoms with van der Waals surface area (Å²) in [6.07, 6.45) is 0.0980. The van der Waals surface area contributed by atoms with Crippen LogP contribution in [0.2, 0.25) is 0 Å². The summed E-state index contributed by atoms with van der Waals surface area (Å²) in [6, 6.07) is 0. The third kappa shape index (κ3) is 1.97. The van der Waals surface area contributed by atoms with Crippen molar-refractivity contribution in [1.29, 1.82) is 5.41 Å². The van der Waals surface area contributed by atoms with Gasteiger partial charge in [0.15, 0.2) is 0 Å². The Bertz CT molecular complexity index is 157. The van der Waals surface area contributed by atoms with E-state index >= 15 is 0 Å². The van der Waals surface area contributed by atoms with E-state index in [0.29, 0.717) is 0 Å². The van der Waals surface area contributed by atoms with Crippen molar-refractivity contribution in [2.75, 3.05) is 0 Å². The Labute approximate surface area is 45.0 Å². The predicted octanol–water partition coefficient (Wildman–Crippen LogP) is -0.660. The highest BCUT2D eigenvalue weighted by Crippen LogP contribution is 2.33. The van der Waals surface area contributed by atoms with E-state index < -0.39 is 13.1 Å². The summed E-state index contributed by atoms with van der Waals surface area (Å²) in [5.74, 6) is 0. The van der Waals surface area contributed by atoms with Crippen molar-refractivity contribution in [3.8, 4) is 0 Å². The molecule has 0 aliphatic rings. The monoisotopic (exact) mass is 137 g/mol. The van der Waals surface area contributed by atoms with Gasteiger partial charge in [-0.1, -0.05) is 0 Å². The number of carbonyl (C=O) groups is 1. The van der Waals surface area contributed by atoms with Gasteiger partial charge in [0.2, 0.25) is 0 Å². The average Bonchev–Trinajstić information content (AvgIpc) is 1.62. The van der Waals surface area contributed by atoms with Gasteiger partial charge in [-0.05, 0) is 0 Å². The minimum Gasteiger partial charge on any atom is -0.319 e. The van der Waals surface area contributed by atoms with Crippen LogP contribution in [0, 0.1) is 5.41 Å². The second kappa shape index (κ2) is 2.17. The minimum absolute atomic E-state index is 0.0980. The highest BCUT2D eigenvalue weighted by molar-refractivity contribution is 7.72. The van der Waals surface area contributed by atoms with Gasteiger partial charge in [-0.2, -0.15) is 0 Å². The van der Waals surface area contributed by atoms with E-state index in [1.54, 1.807) is 0 Å². The molecule has 3 N–H and O–H groups in total. The Morgan fingerprint density at radius 2 is 2.00 bits per heavy atom. The number of carbonyl (C=O) groups excluding carboxylic acids is 1. The first kappa shape index (κ1) is 7.49. The summed E-state index contributed by atoms with van der Waals surface area (Å²) in [4.78, 5) is 25.6. The topological polar surface area (TPSA) is 98.5 Å². The molecule has 0 aromatic carbocycles. The summed E-state index contributed by atoms with van der Waals surface area (Å²) >= 11 is 0. The zero-order valence-electron chi connectivity index (χ0n) is 3.74. The molecule has 8 heavy (non-hydrogen) atoms. The van der Waals surface area contributed by atoms with Gasteiger partial charge in [0.1, 0.15) is 0 Å². The number of nitrogens with one attached hydrogen (secondary N) is 1. The maximum absolute atomic E-state index is 9.83. The van der Waals surface area contributed by atoms with Crippen molar-refractivity contribution in [2.45, 2.75) is 0 Å². The molecule has 6 heteroatoms. The van der Waals surface area contributed by atoms with Crippen molar-refractivity contribution < 1.29 is 19.1 Å². The second-order valence-corrected chi connectivity index (χ2v) is 2.56. The van der Waals surface area contributed by atoms with Crippen molar-refractivity contribution in [3.05, 3.63) is 0 Å². The molecule has 0 bridgehead atoms. The maximum atomic E-state index is 9.83. The highest BCUT2D eigenvalue weighted by atomic mass is 31.2. The van der Waals surface area contributed by atoms with Crippen LogP contribution >= 0.6 is 7.60 Å². The van der Waals surface area contributed by atoms with Gasteiger partial charge < -0.3 is 15.2 Å². The van der Waals surface area contributed by atoms with E-state index in [0.717, 1.165) is 0 Å². The smallest absolute Gasteiger partial charge is 0.319 e. The van der Waals surface area contributed by atoms with Crippen LogP contribution in [-0.4, -0.2) is 21.5 Å². The normalized spacial score (nSPS) is 10.8. The van der Waals surface area contributed by atoms with Gasteiger partial charge in [0, 0.05) is 0 Å². The number of rotatable bonds is 2. The van der Waals surface area contributed by atoms with Crippen molar-refractivity contribution in [3.63, 3.8) is 0 Å². The highest BCUT2D eigenvalue weighted by Gasteiger charge is 2.22. The third-order valence-electron chi connectivity index (χ3n) is 0.411. The summed E-state index contributed by atoms with van der Waals surface area (Å²) in [6.45, 7) is 0. The summed E-state index contributed by atoms with van der Waals surface area (Å²) in [5, 5.41) is 6.10. The molecule has 0 heterocycles. The Morgan fingerprint density at radius 1 is 1.62 bits per heavy atom. The summed E-state index contributed by atoms with van der Waals surface area (Å²) < 4.78 is 9.76. The zero-order valence-corrected chi connectivity index (χ0v) is 4.63. The molecular formula is C2H4NO4P. The second-order valence-electron chi connectivity index (χ2n) is 1.03. The molecule has 46 valence electrons. The third-order valence-corrected chi connectivity index (χ3v) is 1.11. The Balaban J connectivity index is 4.26. The SMILES string of the molecule is N=CC(=O)P(=O)(O)O. The van der Waals surface area contributed by atoms with E-state index in [9.17, 15) is 9.36 Å². The fourth-order valence-electron chi connectivity index (χ4n) is 0.0841. The van der Waals surface area contributed by atoms with Crippen molar-refractivity contribution >= 4 is 19.3 Å². The first-order valence-electron chi connectivity index (χ1n) is 1.59. The first-order valence-corrected chi connectivity index (χ1v) is 3.20. The number of hydrogen-bond acceptors (Lipinski definition) is 3. The largest absolute Gasteiger partial charge is 0.397 e. The van der Waals surface area contributed by atoms with Crippen LogP contribution in [0.3, 0.4) is 0 Å². The van der Waals surface area contributed by atoms with Crippen LogP contribution in [0.5, 0.6) is 0 Å². The summed E-state index contributed by atoms with van der Waals surface area (Å²) in [5.41, 5.74) is -1.46. The molecule has 0 spiro atoms. The molecule has 0 amide bonds. The Hall–Kier alpha value is -0.510. The molecule has 0 unspecified atom stereocenters. The standard InChI is InChI=1S/C2H4NO4P/c3-1-2(4)8(5,6)7/h1,3H,(H2,5,6,7). The maximum Gasteiger partial charge on any atom is 0.397 e. The van der Waals surface area contributed by atoms with Crippen LogP contribution in [0.1, 0.15) is 0 Å². The average molecular weight is 137 g/mol. The minimum atomic E-state index is -4.64. The van der Waals surface area contributed by atoms with Gasteiger partial charge in [-0.15, -0.1) is 0 Å². The Kier molecular flexibility index (Phi) is 2.03. The molecule has 5 nitrogen and oxygen atoms in total. The number of hydrogen-bond donors (Lipinski definition) is 3. The fourth-order valence-corrected chi connectivity index (χ4v) is 0.252. The van der Waals surface area contributed by atoms with Crippen LogP contribution in [-0.2, 0) is 9.36 Å². The van der Waals surface area contributed by atoms with Gasteiger partial charge in [0.25, 0.3) is 5.52 Å². The van der Waals surface area contributed by atoms with E-state index in [2.05, 4.69) is 0 Å². The zero-order chi connectivity index (χ0) is 6.78. The van der Waals surface area contributed by atoms with E-state index in [1.807, 2.05) is 0 Å². The van der Waals surface area contributed by atoms with Gasteiger partial charge in [0.05, 0.1) is 6.21 Å². The van der Waals surface area contributed by atoms with Crippen molar-refractivity contribution in [2.24, 2.45) is 0 Å². The molecule has 0 aliphatic carbocycles. The first-order chi connectivity index (χ1) is 3.48. The lowest BCUT2D eigenvalue weighted by Gasteiger charge is -1.92. The lowest BCUT2D eigenvalue weighted by Crippen LogP contribution is -1.97. The van der Waals surface area contributed by atoms with Crippen LogP contribution < -0.4 is 0 Å². The summed E-state index contributed by atoms with van der Waals surface area (Å²) in [7, 11) is -4.64. The predicted molar refractivity (Wildman–Crippen MR) is 25.8 cm³/mol. The molecule has 0 aromatic rings. The molecule has 0 aliphatic heterocycles. The Morgan fingerprint density at radius 3 is 2.00 bits per heavy atom. The molecule has 0 radical (unpaired) electrons. The van der Waals surface area contributed by atoms with Gasteiger partial charge in [-0.3, -0.25) is 9.36 Å². The molecule has 0 atom stereocenters. The van der Waals surface area contributed by atoms with Crippen LogP contribution in [0.15, 0.2) is 0 Å². The molecule has 0 saturated carbocycles.